The molecule has 2 fully saturated rings. The van der Waals surface area contributed by atoms with Gasteiger partial charge in [-0.2, -0.15) is 0 Å². The molecule has 1 heteroatoms. The molecule has 1 nitrogen and oxygen atoms in total. The van der Waals surface area contributed by atoms with Gasteiger partial charge in [0, 0.05) is 11.3 Å². The van der Waals surface area contributed by atoms with Crippen molar-refractivity contribution in [3.8, 4) is 0 Å². The first-order valence-corrected chi connectivity index (χ1v) is 7.92. The molecule has 0 aromatic heterocycles. The van der Waals surface area contributed by atoms with E-state index in [1.807, 2.05) is 20.8 Å². The maximum Gasteiger partial charge on any atom is 0.140 e. The van der Waals surface area contributed by atoms with Crippen LogP contribution in [0.3, 0.4) is 0 Å². The maximum atomic E-state index is 12.1. The summed E-state index contributed by atoms with van der Waals surface area (Å²) in [6.07, 6.45) is 9.74. The molecule has 0 amide bonds. The van der Waals surface area contributed by atoms with Crippen LogP contribution >= 0.6 is 0 Å². The number of Topliss-reactive ketones (excluding diaryl/α,β-unsaturated/α-hetero) is 1. The molecule has 0 saturated heterocycles. The molecule has 4 atom stereocenters. The maximum absolute atomic E-state index is 12.1. The first kappa shape index (κ1) is 14.1. The van der Waals surface area contributed by atoms with Crippen LogP contribution in [0.15, 0.2) is 0 Å². The lowest BCUT2D eigenvalue weighted by Gasteiger charge is -2.24. The highest BCUT2D eigenvalue weighted by molar-refractivity contribution is 5.85. The average molecular weight is 250 g/mol. The van der Waals surface area contributed by atoms with Crippen molar-refractivity contribution in [2.45, 2.75) is 72.6 Å². The van der Waals surface area contributed by atoms with E-state index in [9.17, 15) is 4.79 Å². The van der Waals surface area contributed by atoms with Gasteiger partial charge in [0.1, 0.15) is 5.78 Å². The summed E-state index contributed by atoms with van der Waals surface area (Å²) in [5.74, 6) is 3.80. The van der Waals surface area contributed by atoms with Crippen molar-refractivity contribution < 1.29 is 4.79 Å². The summed E-state index contributed by atoms with van der Waals surface area (Å²) in [4.78, 5) is 12.1. The van der Waals surface area contributed by atoms with Gasteiger partial charge in [0.2, 0.25) is 0 Å². The van der Waals surface area contributed by atoms with Crippen molar-refractivity contribution >= 4 is 5.78 Å². The zero-order valence-corrected chi connectivity index (χ0v) is 12.7. The lowest BCUT2D eigenvalue weighted by molar-refractivity contribution is -0.130. The average Bonchev–Trinajstić information content (AvgIpc) is 2.88. The normalized spacial score (nSPS) is 32.8. The quantitative estimate of drug-likeness (QED) is 0.682. The summed E-state index contributed by atoms with van der Waals surface area (Å²) in [5, 5.41) is 0. The van der Waals surface area contributed by atoms with E-state index in [1.165, 1.54) is 38.5 Å². The van der Waals surface area contributed by atoms with E-state index >= 15 is 0 Å². The number of hydrogen-bond acceptors (Lipinski definition) is 1. The van der Waals surface area contributed by atoms with Crippen LogP contribution in [0.25, 0.3) is 0 Å². The van der Waals surface area contributed by atoms with Gasteiger partial charge < -0.3 is 0 Å². The number of carbonyl (C=O) groups is 1. The van der Waals surface area contributed by atoms with Gasteiger partial charge in [-0.1, -0.05) is 47.0 Å². The molecule has 4 unspecified atom stereocenters. The molecule has 104 valence electrons. The molecular formula is C17H30O. The van der Waals surface area contributed by atoms with Crippen molar-refractivity contribution in [1.82, 2.24) is 0 Å². The summed E-state index contributed by atoms with van der Waals surface area (Å²) in [6.45, 7) is 8.25. The molecule has 0 aliphatic heterocycles. The van der Waals surface area contributed by atoms with Crippen LogP contribution in [0.2, 0.25) is 0 Å². The lowest BCUT2D eigenvalue weighted by atomic mass is 9.80. The smallest absolute Gasteiger partial charge is 0.140 e. The Hall–Kier alpha value is -0.330. The number of rotatable bonds is 5. The molecular weight excluding hydrogens is 220 g/mol. The zero-order valence-electron chi connectivity index (χ0n) is 12.7. The van der Waals surface area contributed by atoms with Crippen LogP contribution in [0, 0.1) is 29.1 Å². The first-order chi connectivity index (χ1) is 8.38. The van der Waals surface area contributed by atoms with Gasteiger partial charge in [0.15, 0.2) is 0 Å². The largest absolute Gasteiger partial charge is 0.299 e. The highest BCUT2D eigenvalue weighted by atomic mass is 16.1. The van der Waals surface area contributed by atoms with Gasteiger partial charge in [-0.15, -0.1) is 0 Å². The Morgan fingerprint density at radius 3 is 2.44 bits per heavy atom. The van der Waals surface area contributed by atoms with E-state index in [0.717, 1.165) is 24.2 Å². The van der Waals surface area contributed by atoms with E-state index in [0.29, 0.717) is 5.78 Å². The highest BCUT2D eigenvalue weighted by Gasteiger charge is 2.38. The molecule has 0 aromatic rings. The number of carbonyl (C=O) groups excluding carboxylic acids is 1. The Labute approximate surface area is 113 Å². The van der Waals surface area contributed by atoms with Gasteiger partial charge in [-0.05, 0) is 43.4 Å². The van der Waals surface area contributed by atoms with E-state index in [2.05, 4.69) is 6.92 Å². The summed E-state index contributed by atoms with van der Waals surface area (Å²) in [5.41, 5.74) is -0.161. The second-order valence-electron chi connectivity index (χ2n) is 7.88. The molecule has 2 aliphatic rings. The second kappa shape index (κ2) is 5.35. The van der Waals surface area contributed by atoms with Crippen molar-refractivity contribution in [1.29, 1.82) is 0 Å². The SMILES string of the molecule is CC(CCCC1CC2CCC1C2)C(=O)C(C)(C)C. The minimum absolute atomic E-state index is 0.161. The molecule has 2 saturated carbocycles. The summed E-state index contributed by atoms with van der Waals surface area (Å²) >= 11 is 0. The number of fused-ring (bicyclic) bond motifs is 2. The molecule has 2 aliphatic carbocycles. The van der Waals surface area contributed by atoms with E-state index < -0.39 is 0 Å². The summed E-state index contributed by atoms with van der Waals surface area (Å²) < 4.78 is 0. The highest BCUT2D eigenvalue weighted by Crippen LogP contribution is 2.50. The van der Waals surface area contributed by atoms with Crippen molar-refractivity contribution in [3.05, 3.63) is 0 Å². The Bertz CT molecular complexity index is 299. The van der Waals surface area contributed by atoms with Crippen LogP contribution in [0.1, 0.15) is 72.6 Å². The predicted octanol–water partition coefficient (Wildman–Crippen LogP) is 4.84. The van der Waals surface area contributed by atoms with E-state index in [1.54, 1.807) is 0 Å². The van der Waals surface area contributed by atoms with E-state index in [-0.39, 0.29) is 11.3 Å². The van der Waals surface area contributed by atoms with Crippen LogP contribution in [-0.4, -0.2) is 5.78 Å². The monoisotopic (exact) mass is 250 g/mol. The first-order valence-electron chi connectivity index (χ1n) is 7.92. The number of hydrogen-bond donors (Lipinski definition) is 0. The van der Waals surface area contributed by atoms with Crippen molar-refractivity contribution in [2.24, 2.45) is 29.1 Å². The van der Waals surface area contributed by atoms with Crippen LogP contribution in [0.5, 0.6) is 0 Å². The zero-order chi connectivity index (χ0) is 13.3. The van der Waals surface area contributed by atoms with Crippen LogP contribution in [0.4, 0.5) is 0 Å². The molecule has 0 heterocycles. The Morgan fingerprint density at radius 1 is 1.22 bits per heavy atom. The molecule has 0 aromatic carbocycles. The van der Waals surface area contributed by atoms with E-state index in [4.69, 9.17) is 0 Å². The van der Waals surface area contributed by atoms with Crippen molar-refractivity contribution in [2.75, 3.05) is 0 Å². The van der Waals surface area contributed by atoms with Crippen LogP contribution < -0.4 is 0 Å². The third-order valence-corrected chi connectivity index (χ3v) is 5.28. The van der Waals surface area contributed by atoms with Gasteiger partial charge in [0.05, 0.1) is 0 Å². The van der Waals surface area contributed by atoms with Crippen LogP contribution in [-0.2, 0) is 4.79 Å². The fourth-order valence-corrected chi connectivity index (χ4v) is 4.29. The second-order valence-corrected chi connectivity index (χ2v) is 7.88. The van der Waals surface area contributed by atoms with Crippen molar-refractivity contribution in [3.63, 3.8) is 0 Å². The van der Waals surface area contributed by atoms with Gasteiger partial charge >= 0.3 is 0 Å². The summed E-state index contributed by atoms with van der Waals surface area (Å²) in [7, 11) is 0. The molecule has 2 rings (SSSR count). The summed E-state index contributed by atoms with van der Waals surface area (Å²) in [6, 6.07) is 0. The van der Waals surface area contributed by atoms with Gasteiger partial charge in [-0.25, -0.2) is 0 Å². The molecule has 2 bridgehead atoms. The van der Waals surface area contributed by atoms with Gasteiger partial charge in [0.25, 0.3) is 0 Å². The molecule has 0 N–H and O–H groups in total. The Morgan fingerprint density at radius 2 is 1.94 bits per heavy atom. The standard InChI is InChI=1S/C17H30O/c1-12(16(18)17(2,3)4)6-5-7-14-10-13-8-9-15(14)11-13/h12-15H,5-11H2,1-4H3. The lowest BCUT2D eigenvalue weighted by Crippen LogP contribution is -2.26. The fraction of sp³-hybridized carbons (Fsp3) is 0.941. The van der Waals surface area contributed by atoms with Gasteiger partial charge in [-0.3, -0.25) is 4.79 Å². The molecule has 0 spiro atoms. The third kappa shape index (κ3) is 3.16. The fourth-order valence-electron chi connectivity index (χ4n) is 4.29. The Balaban J connectivity index is 1.68. The predicted molar refractivity (Wildman–Crippen MR) is 76.4 cm³/mol. The third-order valence-electron chi connectivity index (χ3n) is 5.28. The minimum Gasteiger partial charge on any atom is -0.299 e. The minimum atomic E-state index is -0.161. The molecule has 18 heavy (non-hydrogen) atoms. The topological polar surface area (TPSA) is 17.1 Å². The Kier molecular flexibility index (Phi) is 4.18. The number of ketones is 1. The molecule has 0 radical (unpaired) electrons.